The van der Waals surface area contributed by atoms with Gasteiger partial charge in [0.25, 0.3) is 0 Å². The lowest BCUT2D eigenvalue weighted by molar-refractivity contribution is -0.136. The molecule has 0 saturated heterocycles. The molecule has 0 unspecified atom stereocenters. The molecule has 4 rings (SSSR count). The van der Waals surface area contributed by atoms with Crippen LogP contribution in [0.1, 0.15) is 35.2 Å². The number of thiocarbonyl (C=S) groups is 1. The molecule has 1 aliphatic heterocycles. The molecule has 0 fully saturated rings. The fourth-order valence-corrected chi connectivity index (χ4v) is 4.39. The number of rotatable bonds is 8. The van der Waals surface area contributed by atoms with Crippen LogP contribution >= 0.6 is 23.8 Å². The van der Waals surface area contributed by atoms with Crippen LogP contribution in [0.25, 0.3) is 5.70 Å². The maximum Gasteiger partial charge on any atom is 0.338 e. The van der Waals surface area contributed by atoms with E-state index in [1.807, 2.05) is 62.4 Å². The van der Waals surface area contributed by atoms with Gasteiger partial charge in [-0.1, -0.05) is 59.6 Å². The van der Waals surface area contributed by atoms with Gasteiger partial charge < -0.3 is 24.8 Å². The highest BCUT2D eigenvalue weighted by atomic mass is 35.5. The standard InChI is InChI=1S/C28H27ClN2O4S/c1-4-34-23-15-20(10-13-22(23)35-16-18-7-5-6-17(2)14-18)26-24(27(32)33-3)25(30-28(36)31-26)19-8-11-21(29)12-9-19/h5-15,26H,4,16H2,1-3H3,(H2,30,31,36)/t26-/m1/s1. The first kappa shape index (κ1) is 25.5. The summed E-state index contributed by atoms with van der Waals surface area (Å²) in [6, 6.07) is 20.4. The summed E-state index contributed by atoms with van der Waals surface area (Å²) in [5, 5.41) is 7.29. The average molecular weight is 523 g/mol. The predicted molar refractivity (Wildman–Crippen MR) is 145 cm³/mol. The number of aryl methyl sites for hydroxylation is 1. The fraction of sp³-hybridized carbons (Fsp3) is 0.214. The van der Waals surface area contributed by atoms with Gasteiger partial charge in [0.05, 0.1) is 31.0 Å². The smallest absolute Gasteiger partial charge is 0.338 e. The van der Waals surface area contributed by atoms with Gasteiger partial charge >= 0.3 is 5.97 Å². The molecule has 6 nitrogen and oxygen atoms in total. The van der Waals surface area contributed by atoms with Crippen LogP contribution in [0.2, 0.25) is 5.02 Å². The number of nitrogens with one attached hydrogen (secondary N) is 2. The average Bonchev–Trinajstić information content (AvgIpc) is 2.87. The molecule has 3 aromatic rings. The summed E-state index contributed by atoms with van der Waals surface area (Å²) in [5.74, 6) is 0.705. The lowest BCUT2D eigenvalue weighted by Crippen LogP contribution is -2.45. The van der Waals surface area contributed by atoms with E-state index in [1.54, 1.807) is 12.1 Å². The molecule has 36 heavy (non-hydrogen) atoms. The number of methoxy groups -OCH3 is 1. The van der Waals surface area contributed by atoms with Crippen molar-refractivity contribution in [2.45, 2.75) is 26.5 Å². The van der Waals surface area contributed by atoms with Crippen molar-refractivity contribution < 1.29 is 19.0 Å². The van der Waals surface area contributed by atoms with Gasteiger partial charge in [-0.3, -0.25) is 0 Å². The van der Waals surface area contributed by atoms with Crippen molar-refractivity contribution in [2.24, 2.45) is 0 Å². The largest absolute Gasteiger partial charge is 0.490 e. The Hall–Kier alpha value is -3.55. The van der Waals surface area contributed by atoms with Gasteiger partial charge in [-0.25, -0.2) is 4.79 Å². The van der Waals surface area contributed by atoms with Gasteiger partial charge in [0, 0.05) is 5.02 Å². The summed E-state index contributed by atoms with van der Waals surface area (Å²) >= 11 is 11.6. The zero-order chi connectivity index (χ0) is 25.7. The number of hydrogen-bond acceptors (Lipinski definition) is 5. The van der Waals surface area contributed by atoms with E-state index in [0.29, 0.717) is 46.1 Å². The van der Waals surface area contributed by atoms with Gasteiger partial charge in [0.2, 0.25) is 0 Å². The molecule has 0 saturated carbocycles. The highest BCUT2D eigenvalue weighted by molar-refractivity contribution is 7.80. The van der Waals surface area contributed by atoms with Crippen LogP contribution in [0, 0.1) is 6.92 Å². The zero-order valence-corrected chi connectivity index (χ0v) is 21.8. The second-order valence-corrected chi connectivity index (χ2v) is 9.08. The second kappa shape index (κ2) is 11.5. The normalized spacial score (nSPS) is 15.1. The van der Waals surface area contributed by atoms with E-state index >= 15 is 0 Å². The van der Waals surface area contributed by atoms with Crippen LogP contribution in [0.3, 0.4) is 0 Å². The summed E-state index contributed by atoms with van der Waals surface area (Å²) < 4.78 is 17.1. The molecule has 3 aromatic carbocycles. The lowest BCUT2D eigenvalue weighted by Gasteiger charge is -2.31. The topological polar surface area (TPSA) is 68.8 Å². The summed E-state index contributed by atoms with van der Waals surface area (Å²) in [7, 11) is 1.35. The van der Waals surface area contributed by atoms with Crippen LogP contribution in [-0.2, 0) is 16.1 Å². The third-order valence-corrected chi connectivity index (χ3v) is 6.16. The van der Waals surface area contributed by atoms with Gasteiger partial charge in [-0.15, -0.1) is 0 Å². The van der Waals surface area contributed by atoms with Crippen LogP contribution in [0.4, 0.5) is 0 Å². The van der Waals surface area contributed by atoms with Crippen molar-refractivity contribution in [2.75, 3.05) is 13.7 Å². The minimum atomic E-state index is -0.568. The molecule has 1 aliphatic rings. The Morgan fingerprint density at radius 2 is 1.81 bits per heavy atom. The Bertz CT molecular complexity index is 1310. The molecule has 0 amide bonds. The number of carbonyl (C=O) groups is 1. The van der Waals surface area contributed by atoms with E-state index in [-0.39, 0.29) is 0 Å². The molecule has 1 heterocycles. The Morgan fingerprint density at radius 3 is 2.50 bits per heavy atom. The minimum absolute atomic E-state index is 0.385. The summed E-state index contributed by atoms with van der Waals surface area (Å²) in [5.41, 5.74) is 4.72. The number of ether oxygens (including phenoxy) is 3. The third-order valence-electron chi connectivity index (χ3n) is 5.69. The van der Waals surface area contributed by atoms with Crippen LogP contribution in [-0.4, -0.2) is 24.8 Å². The Kier molecular flexibility index (Phi) is 8.13. The number of hydrogen-bond donors (Lipinski definition) is 2. The van der Waals surface area contributed by atoms with Crippen LogP contribution in [0.5, 0.6) is 11.5 Å². The molecule has 0 aromatic heterocycles. The molecule has 1 atom stereocenters. The Balaban J connectivity index is 1.72. The van der Waals surface area contributed by atoms with Gasteiger partial charge in [-0.2, -0.15) is 0 Å². The monoisotopic (exact) mass is 522 g/mol. The van der Waals surface area contributed by atoms with E-state index in [0.717, 1.165) is 16.7 Å². The third kappa shape index (κ3) is 5.80. The molecular formula is C28H27ClN2O4S. The number of halogens is 1. The van der Waals surface area contributed by atoms with Crippen LogP contribution < -0.4 is 20.1 Å². The Morgan fingerprint density at radius 1 is 1.03 bits per heavy atom. The molecule has 2 N–H and O–H groups in total. The predicted octanol–water partition coefficient (Wildman–Crippen LogP) is 5.73. The van der Waals surface area contributed by atoms with Crippen molar-refractivity contribution in [3.8, 4) is 11.5 Å². The summed E-state index contributed by atoms with van der Waals surface area (Å²) in [6.07, 6.45) is 0. The highest BCUT2D eigenvalue weighted by Crippen LogP contribution is 2.37. The summed E-state index contributed by atoms with van der Waals surface area (Å²) in [4.78, 5) is 13.0. The van der Waals surface area contributed by atoms with Crippen molar-refractivity contribution in [3.05, 3.63) is 99.6 Å². The van der Waals surface area contributed by atoms with Crippen molar-refractivity contribution in [3.63, 3.8) is 0 Å². The number of benzene rings is 3. The lowest BCUT2D eigenvalue weighted by atomic mass is 9.92. The maximum absolute atomic E-state index is 13.0. The Labute approximate surface area is 221 Å². The number of esters is 1. The minimum Gasteiger partial charge on any atom is -0.490 e. The first-order chi connectivity index (χ1) is 17.4. The van der Waals surface area contributed by atoms with Gasteiger partial charge in [0.15, 0.2) is 16.6 Å². The first-order valence-corrected chi connectivity index (χ1v) is 12.3. The van der Waals surface area contributed by atoms with Crippen molar-refractivity contribution in [1.29, 1.82) is 0 Å². The SMILES string of the molecule is CCOc1cc([C@H]2NC(=S)NC(c3ccc(Cl)cc3)=C2C(=O)OC)ccc1OCc1cccc(C)c1. The van der Waals surface area contributed by atoms with Crippen LogP contribution in [0.15, 0.2) is 72.3 Å². The van der Waals surface area contributed by atoms with Crippen molar-refractivity contribution >= 4 is 40.6 Å². The first-order valence-electron chi connectivity index (χ1n) is 11.5. The second-order valence-electron chi connectivity index (χ2n) is 8.24. The van der Waals surface area contributed by atoms with E-state index in [4.69, 9.17) is 38.0 Å². The summed E-state index contributed by atoms with van der Waals surface area (Å²) in [6.45, 7) is 4.82. The molecule has 0 bridgehead atoms. The van der Waals surface area contributed by atoms with Gasteiger partial charge in [-0.05, 0) is 67.0 Å². The number of carbonyl (C=O) groups excluding carboxylic acids is 1. The van der Waals surface area contributed by atoms with E-state index in [1.165, 1.54) is 12.7 Å². The van der Waals surface area contributed by atoms with E-state index in [2.05, 4.69) is 16.7 Å². The molecule has 186 valence electrons. The van der Waals surface area contributed by atoms with Crippen molar-refractivity contribution in [1.82, 2.24) is 10.6 Å². The highest BCUT2D eigenvalue weighted by Gasteiger charge is 2.33. The fourth-order valence-electron chi connectivity index (χ4n) is 4.04. The molecule has 0 aliphatic carbocycles. The zero-order valence-electron chi connectivity index (χ0n) is 20.3. The van der Waals surface area contributed by atoms with Gasteiger partial charge in [0.1, 0.15) is 6.61 Å². The molecule has 0 radical (unpaired) electrons. The quantitative estimate of drug-likeness (QED) is 0.289. The van der Waals surface area contributed by atoms with E-state index < -0.39 is 12.0 Å². The molecule has 8 heteroatoms. The maximum atomic E-state index is 13.0. The molecular weight excluding hydrogens is 496 g/mol. The molecule has 0 spiro atoms. The van der Waals surface area contributed by atoms with E-state index in [9.17, 15) is 4.79 Å².